The lowest BCUT2D eigenvalue weighted by Gasteiger charge is -2.45. The van der Waals surface area contributed by atoms with Crippen LogP contribution in [0.4, 0.5) is 4.79 Å². The molecule has 0 bridgehead atoms. The highest BCUT2D eigenvalue weighted by Crippen LogP contribution is 2.38. The van der Waals surface area contributed by atoms with Crippen LogP contribution in [0.3, 0.4) is 0 Å². The molecule has 4 rings (SSSR count). The largest absolute Gasteiger partial charge is 0.465 e. The summed E-state index contributed by atoms with van der Waals surface area (Å²) in [4.78, 5) is 15.6. The van der Waals surface area contributed by atoms with Gasteiger partial charge in [-0.3, -0.25) is 9.80 Å². The molecule has 2 N–H and O–H groups in total. The summed E-state index contributed by atoms with van der Waals surface area (Å²) < 4.78 is 11.6. The Kier molecular flexibility index (Phi) is 6.76. The van der Waals surface area contributed by atoms with E-state index < -0.39 is 11.7 Å². The van der Waals surface area contributed by atoms with Crippen LogP contribution < -0.4 is 0 Å². The van der Waals surface area contributed by atoms with Crippen LogP contribution in [-0.2, 0) is 22.4 Å². The fraction of sp³-hybridized carbons (Fsp3) is 0.708. The van der Waals surface area contributed by atoms with Gasteiger partial charge in [-0.2, -0.15) is 0 Å². The van der Waals surface area contributed by atoms with Crippen molar-refractivity contribution in [1.82, 2.24) is 9.80 Å². The Morgan fingerprint density at radius 2 is 2.06 bits per heavy atom. The molecular formula is C24H35ClN2O5. The molecule has 178 valence electrons. The summed E-state index contributed by atoms with van der Waals surface area (Å²) in [6, 6.07) is 3.51. The number of hydrogen-bond acceptors (Lipinski definition) is 5. The van der Waals surface area contributed by atoms with Crippen molar-refractivity contribution < 1.29 is 24.5 Å². The van der Waals surface area contributed by atoms with Gasteiger partial charge < -0.3 is 19.7 Å². The van der Waals surface area contributed by atoms with Crippen LogP contribution >= 0.6 is 11.6 Å². The van der Waals surface area contributed by atoms with E-state index in [1.807, 2.05) is 12.1 Å². The third-order valence-electron chi connectivity index (χ3n) is 7.09. The van der Waals surface area contributed by atoms with E-state index in [1.165, 1.54) is 4.90 Å². The number of benzene rings is 1. The Balaban J connectivity index is 1.56. The second kappa shape index (κ2) is 9.11. The number of rotatable bonds is 3. The zero-order chi connectivity index (χ0) is 23.1. The fourth-order valence-electron chi connectivity index (χ4n) is 5.25. The lowest BCUT2D eigenvalue weighted by molar-refractivity contribution is -0.144. The fourth-order valence-corrected chi connectivity index (χ4v) is 5.50. The molecule has 3 heterocycles. The summed E-state index contributed by atoms with van der Waals surface area (Å²) in [5, 5.41) is 21.8. The number of carboxylic acid groups (broad SMARTS) is 1. The number of aliphatic hydroxyl groups is 1. The Labute approximate surface area is 195 Å². The first-order chi connectivity index (χ1) is 15.1. The van der Waals surface area contributed by atoms with Gasteiger partial charge in [0.2, 0.25) is 0 Å². The Morgan fingerprint density at radius 3 is 2.78 bits per heavy atom. The van der Waals surface area contributed by atoms with Crippen molar-refractivity contribution in [1.29, 1.82) is 0 Å². The minimum absolute atomic E-state index is 0.0198. The van der Waals surface area contributed by atoms with Crippen molar-refractivity contribution in [3.63, 3.8) is 0 Å². The van der Waals surface area contributed by atoms with E-state index in [0.717, 1.165) is 29.7 Å². The molecule has 1 aromatic carbocycles. The van der Waals surface area contributed by atoms with Gasteiger partial charge >= 0.3 is 6.09 Å². The van der Waals surface area contributed by atoms with Crippen LogP contribution in [-0.4, -0.2) is 77.3 Å². The van der Waals surface area contributed by atoms with Crippen LogP contribution in [0.5, 0.6) is 0 Å². The van der Waals surface area contributed by atoms with Crippen LogP contribution in [0.15, 0.2) is 12.1 Å². The summed E-state index contributed by atoms with van der Waals surface area (Å²) >= 11 is 6.43. The standard InChI is InChI=1S/C24H35ClN2O5/c1-23(2,3)21-12-24(30,5-8-32-21)15-26-6-4-16-10-17(25)11-18(19(16)13-26)20-14-31-9-7-27(20)22(28)29/h10-11,20-21,30H,4-9,12-15H2,1-3H3,(H,28,29)/t20-,21?,24?/m0/s1. The van der Waals surface area contributed by atoms with Crippen molar-refractivity contribution in [3.05, 3.63) is 33.8 Å². The molecule has 3 aliphatic heterocycles. The van der Waals surface area contributed by atoms with E-state index in [4.69, 9.17) is 21.1 Å². The molecule has 0 radical (unpaired) electrons. The lowest BCUT2D eigenvalue weighted by atomic mass is 9.78. The van der Waals surface area contributed by atoms with Gasteiger partial charge in [0.25, 0.3) is 0 Å². The quantitative estimate of drug-likeness (QED) is 0.706. The van der Waals surface area contributed by atoms with Gasteiger partial charge in [0.05, 0.1) is 31.0 Å². The van der Waals surface area contributed by atoms with Crippen LogP contribution in [0.2, 0.25) is 5.02 Å². The average molecular weight is 467 g/mol. The molecule has 7 nitrogen and oxygen atoms in total. The van der Waals surface area contributed by atoms with E-state index in [1.54, 1.807) is 0 Å². The molecule has 0 spiro atoms. The maximum atomic E-state index is 11.9. The highest BCUT2D eigenvalue weighted by molar-refractivity contribution is 6.30. The normalized spacial score (nSPS) is 29.6. The second-order valence-electron chi connectivity index (χ2n) is 10.6. The van der Waals surface area contributed by atoms with Gasteiger partial charge in [0.1, 0.15) is 0 Å². The first-order valence-corrected chi connectivity index (χ1v) is 11.9. The zero-order valence-electron chi connectivity index (χ0n) is 19.3. The second-order valence-corrected chi connectivity index (χ2v) is 11.0. The molecular weight excluding hydrogens is 432 g/mol. The molecule has 32 heavy (non-hydrogen) atoms. The van der Waals surface area contributed by atoms with Gasteiger partial charge in [0.15, 0.2) is 0 Å². The smallest absolute Gasteiger partial charge is 0.407 e. The van der Waals surface area contributed by atoms with E-state index in [0.29, 0.717) is 57.3 Å². The average Bonchev–Trinajstić information content (AvgIpc) is 2.72. The Hall–Kier alpha value is -1.38. The summed E-state index contributed by atoms with van der Waals surface area (Å²) in [5.74, 6) is 0. The van der Waals surface area contributed by atoms with Crippen molar-refractivity contribution in [2.75, 3.05) is 39.5 Å². The van der Waals surface area contributed by atoms with Crippen molar-refractivity contribution in [2.45, 2.75) is 64.3 Å². The van der Waals surface area contributed by atoms with Crippen LogP contribution in [0, 0.1) is 5.41 Å². The monoisotopic (exact) mass is 466 g/mol. The molecule has 0 saturated carbocycles. The number of hydrogen-bond donors (Lipinski definition) is 2. The number of nitrogens with zero attached hydrogens (tertiary/aromatic N) is 2. The number of carbonyl (C=O) groups is 1. The van der Waals surface area contributed by atoms with Crippen LogP contribution in [0.25, 0.3) is 0 Å². The third-order valence-corrected chi connectivity index (χ3v) is 7.31. The molecule has 0 aromatic heterocycles. The number of fused-ring (bicyclic) bond motifs is 1. The summed E-state index contributed by atoms with van der Waals surface area (Å²) in [7, 11) is 0. The minimum Gasteiger partial charge on any atom is -0.465 e. The van der Waals surface area contributed by atoms with Crippen molar-refractivity contribution >= 4 is 17.7 Å². The van der Waals surface area contributed by atoms with Crippen molar-refractivity contribution in [2.24, 2.45) is 5.41 Å². The zero-order valence-corrected chi connectivity index (χ0v) is 20.0. The minimum atomic E-state index is -0.940. The molecule has 2 saturated heterocycles. The molecule has 3 atom stereocenters. The first-order valence-electron chi connectivity index (χ1n) is 11.5. The molecule has 2 unspecified atom stereocenters. The number of halogens is 1. The number of ether oxygens (including phenoxy) is 2. The lowest BCUT2D eigenvalue weighted by Crippen LogP contribution is -2.52. The molecule has 1 aromatic rings. The van der Waals surface area contributed by atoms with E-state index >= 15 is 0 Å². The molecule has 2 fully saturated rings. The molecule has 0 aliphatic carbocycles. The SMILES string of the molecule is CC(C)(C)C1CC(O)(CN2CCc3cc(Cl)cc([C@@H]4COCCN4C(=O)O)c3C2)CCO1. The molecule has 8 heteroatoms. The first kappa shape index (κ1) is 23.8. The van der Waals surface area contributed by atoms with Gasteiger partial charge in [-0.15, -0.1) is 0 Å². The van der Waals surface area contributed by atoms with E-state index in [9.17, 15) is 15.0 Å². The number of β-amino-alcohol motifs (C(OH)–C–C–N with tert-alkyl or cyclic N) is 1. The third kappa shape index (κ3) is 5.07. The Morgan fingerprint density at radius 1 is 1.28 bits per heavy atom. The summed E-state index contributed by atoms with van der Waals surface area (Å²) in [6.45, 7) is 10.2. The predicted octanol–water partition coefficient (Wildman–Crippen LogP) is 3.71. The molecule has 3 aliphatic rings. The number of morpholine rings is 1. The highest BCUT2D eigenvalue weighted by Gasteiger charge is 2.41. The Bertz CT molecular complexity index is 858. The maximum absolute atomic E-state index is 11.9. The maximum Gasteiger partial charge on any atom is 0.407 e. The topological polar surface area (TPSA) is 82.5 Å². The van der Waals surface area contributed by atoms with E-state index in [2.05, 4.69) is 25.7 Å². The van der Waals surface area contributed by atoms with Gasteiger partial charge in [-0.25, -0.2) is 4.79 Å². The highest BCUT2D eigenvalue weighted by atomic mass is 35.5. The van der Waals surface area contributed by atoms with Crippen molar-refractivity contribution in [3.8, 4) is 0 Å². The van der Waals surface area contributed by atoms with E-state index in [-0.39, 0.29) is 17.6 Å². The van der Waals surface area contributed by atoms with Gasteiger partial charge in [-0.1, -0.05) is 32.4 Å². The molecule has 1 amide bonds. The van der Waals surface area contributed by atoms with Gasteiger partial charge in [0, 0.05) is 50.7 Å². The summed E-state index contributed by atoms with van der Waals surface area (Å²) in [6.07, 6.45) is 1.15. The predicted molar refractivity (Wildman–Crippen MR) is 122 cm³/mol. The summed E-state index contributed by atoms with van der Waals surface area (Å²) in [5.41, 5.74) is 2.39. The number of amides is 1. The van der Waals surface area contributed by atoms with Gasteiger partial charge in [-0.05, 0) is 40.7 Å². The van der Waals surface area contributed by atoms with Crippen LogP contribution in [0.1, 0.15) is 56.3 Å².